The van der Waals surface area contributed by atoms with Crippen molar-refractivity contribution in [2.24, 2.45) is 12.5 Å². The number of fused-ring (bicyclic) bond motifs is 1. The number of amides is 3. The Labute approximate surface area is 313 Å². The van der Waals surface area contributed by atoms with Crippen LogP contribution in [0.2, 0.25) is 0 Å². The molecule has 0 radical (unpaired) electrons. The molecule has 3 amide bonds. The Kier molecular flexibility index (Phi) is 13.2. The predicted molar refractivity (Wildman–Crippen MR) is 200 cm³/mol. The first kappa shape index (κ1) is 39.4. The van der Waals surface area contributed by atoms with Crippen molar-refractivity contribution in [3.63, 3.8) is 0 Å². The number of methoxy groups -OCH3 is 1. The number of hydrogen-bond donors (Lipinski definition) is 6. The van der Waals surface area contributed by atoms with Gasteiger partial charge in [0.1, 0.15) is 17.8 Å². The molecule has 1 aliphatic carbocycles. The van der Waals surface area contributed by atoms with Crippen LogP contribution in [-0.2, 0) is 40.8 Å². The molecule has 0 bridgehead atoms. The van der Waals surface area contributed by atoms with Crippen molar-refractivity contribution in [1.29, 1.82) is 0 Å². The van der Waals surface area contributed by atoms with E-state index in [1.54, 1.807) is 26.3 Å². The molecule has 282 valence electrons. The number of benzene rings is 3. The molecule has 1 aliphatic rings. The van der Waals surface area contributed by atoms with Gasteiger partial charge in [-0.3, -0.25) is 19.7 Å². The molecule has 3 aromatic carbocycles. The lowest BCUT2D eigenvalue weighted by Crippen LogP contribution is -2.62. The first-order chi connectivity index (χ1) is 25.3. The second-order valence-corrected chi connectivity index (χ2v) is 15.1. The minimum Gasteiger partial charge on any atom is -0.497 e. The Morgan fingerprint density at radius 2 is 1.66 bits per heavy atom. The lowest BCUT2D eigenvalue weighted by atomic mass is 9.85. The summed E-state index contributed by atoms with van der Waals surface area (Å²) in [5.41, 5.74) is 2.66. The van der Waals surface area contributed by atoms with Crippen LogP contribution in [0.3, 0.4) is 0 Å². The van der Waals surface area contributed by atoms with Gasteiger partial charge in [-0.25, -0.2) is 4.68 Å². The molecule has 5 rings (SSSR count). The van der Waals surface area contributed by atoms with E-state index in [1.165, 1.54) is 4.68 Å². The number of nitrogens with one attached hydrogen (secondary N) is 4. The number of thioether (sulfide) groups is 1. The van der Waals surface area contributed by atoms with Gasteiger partial charge in [0, 0.05) is 20.0 Å². The predicted octanol–water partition coefficient (Wildman–Crippen LogP) is 1.86. The largest absolute Gasteiger partial charge is 0.497 e. The molecule has 0 saturated heterocycles. The van der Waals surface area contributed by atoms with Crippen LogP contribution in [-0.4, -0.2) is 91.3 Å². The van der Waals surface area contributed by atoms with Gasteiger partial charge in [0.2, 0.25) is 22.9 Å². The first-order valence-electron chi connectivity index (χ1n) is 17.4. The van der Waals surface area contributed by atoms with E-state index in [2.05, 4.69) is 36.8 Å². The van der Waals surface area contributed by atoms with Gasteiger partial charge in [-0.2, -0.15) is 0 Å². The average Bonchev–Trinajstić information content (AvgIpc) is 3.70. The molecule has 1 aromatic heterocycles. The first-order valence-corrected chi connectivity index (χ1v) is 18.4. The van der Waals surface area contributed by atoms with Crippen LogP contribution in [0.25, 0.3) is 0 Å². The summed E-state index contributed by atoms with van der Waals surface area (Å²) in [6, 6.07) is 20.3. The minimum absolute atomic E-state index is 0.0299. The molecule has 0 fully saturated rings. The molecule has 15 heteroatoms. The fraction of sp³-hybridized carbons (Fsp3) is 0.421. The SMILES string of the molecule is COc1ccc(CN[C@@H](C(=O)N[C@H]2c3ccccc3C[C@H]2O)[C@H](O)[C@H](Cc2ccccc2)NC(=O)[C@@H](NC(=O)CSc2nnnn2C)C(C)(C)C)cc1. The summed E-state index contributed by atoms with van der Waals surface area (Å²) in [6.45, 7) is 5.69. The molecule has 53 heavy (non-hydrogen) atoms. The maximum Gasteiger partial charge on any atom is 0.243 e. The van der Waals surface area contributed by atoms with Crippen molar-refractivity contribution in [2.45, 2.75) is 81.7 Å². The highest BCUT2D eigenvalue weighted by Gasteiger charge is 2.40. The standard InChI is InChI=1S/C38H48N8O6S/c1-38(2,3)34(41-30(48)22-53-37-43-44-45-46(37)4)36(51)40-28(19-23-11-7-6-8-12-23)33(49)32(39-21-24-15-17-26(52-5)18-16-24)35(50)42-31-27-14-10-9-13-25(27)20-29(31)47/h6-18,28-29,31-34,39,47,49H,19-22H2,1-5H3,(H,40,51)(H,41,48)(H,42,50)/t28-,29+,31-,32+,33+,34+/m0/s1. The third-order valence-corrected chi connectivity index (χ3v) is 10.2. The van der Waals surface area contributed by atoms with Crippen LogP contribution >= 0.6 is 11.8 Å². The number of carbonyl (C=O) groups excluding carboxylic acids is 3. The summed E-state index contributed by atoms with van der Waals surface area (Å²) in [5.74, 6) is -0.826. The van der Waals surface area contributed by atoms with E-state index < -0.39 is 59.5 Å². The van der Waals surface area contributed by atoms with Crippen molar-refractivity contribution >= 4 is 29.5 Å². The zero-order valence-electron chi connectivity index (χ0n) is 30.5. The zero-order chi connectivity index (χ0) is 38.1. The Morgan fingerprint density at radius 3 is 2.32 bits per heavy atom. The quantitative estimate of drug-likeness (QED) is 0.0919. The van der Waals surface area contributed by atoms with Crippen LogP contribution < -0.4 is 26.0 Å². The lowest BCUT2D eigenvalue weighted by Gasteiger charge is -2.35. The highest BCUT2D eigenvalue weighted by molar-refractivity contribution is 7.99. The number of ether oxygens (including phenoxy) is 1. The molecule has 14 nitrogen and oxygen atoms in total. The maximum absolute atomic E-state index is 14.2. The fourth-order valence-electron chi connectivity index (χ4n) is 6.31. The van der Waals surface area contributed by atoms with E-state index in [4.69, 9.17) is 4.74 Å². The van der Waals surface area contributed by atoms with E-state index in [-0.39, 0.29) is 18.7 Å². The maximum atomic E-state index is 14.2. The van der Waals surface area contributed by atoms with Crippen molar-refractivity contribution in [1.82, 2.24) is 41.5 Å². The molecular weight excluding hydrogens is 697 g/mol. The van der Waals surface area contributed by atoms with Crippen LogP contribution in [0.15, 0.2) is 84.0 Å². The van der Waals surface area contributed by atoms with Crippen molar-refractivity contribution in [2.75, 3.05) is 12.9 Å². The molecule has 0 spiro atoms. The van der Waals surface area contributed by atoms with Crippen LogP contribution in [0, 0.1) is 5.41 Å². The fourth-order valence-corrected chi connectivity index (χ4v) is 6.97. The van der Waals surface area contributed by atoms with E-state index in [0.717, 1.165) is 34.0 Å². The van der Waals surface area contributed by atoms with Gasteiger partial charge in [0.15, 0.2) is 0 Å². The smallest absolute Gasteiger partial charge is 0.243 e. The Balaban J connectivity index is 1.40. The third kappa shape index (κ3) is 10.4. The highest BCUT2D eigenvalue weighted by atomic mass is 32.2. The van der Waals surface area contributed by atoms with Crippen LogP contribution in [0.1, 0.15) is 49.1 Å². The number of aliphatic hydroxyl groups is 2. The van der Waals surface area contributed by atoms with Gasteiger partial charge in [-0.1, -0.05) is 99.3 Å². The summed E-state index contributed by atoms with van der Waals surface area (Å²) in [5, 5.41) is 46.9. The van der Waals surface area contributed by atoms with E-state index in [0.29, 0.717) is 17.3 Å². The van der Waals surface area contributed by atoms with Gasteiger partial charge in [-0.05, 0) is 56.6 Å². The second kappa shape index (κ2) is 17.8. The molecule has 0 aliphatic heterocycles. The zero-order valence-corrected chi connectivity index (χ0v) is 31.3. The molecular formula is C38H48N8O6S. The molecule has 4 aromatic rings. The average molecular weight is 745 g/mol. The van der Waals surface area contributed by atoms with Gasteiger partial charge >= 0.3 is 0 Å². The summed E-state index contributed by atoms with van der Waals surface area (Å²) in [4.78, 5) is 41.5. The number of aliphatic hydroxyl groups excluding tert-OH is 2. The van der Waals surface area contributed by atoms with E-state index >= 15 is 0 Å². The Hall–Kier alpha value is -4.83. The Morgan fingerprint density at radius 1 is 0.962 bits per heavy atom. The summed E-state index contributed by atoms with van der Waals surface area (Å²) in [7, 11) is 3.24. The third-order valence-electron chi connectivity index (χ3n) is 9.20. The summed E-state index contributed by atoms with van der Waals surface area (Å²) < 4.78 is 6.73. The van der Waals surface area contributed by atoms with Crippen molar-refractivity contribution in [3.8, 4) is 5.75 Å². The summed E-state index contributed by atoms with van der Waals surface area (Å²) >= 11 is 1.13. The van der Waals surface area contributed by atoms with Crippen LogP contribution in [0.4, 0.5) is 0 Å². The molecule has 0 unspecified atom stereocenters. The number of aromatic nitrogens is 4. The number of carbonyl (C=O) groups is 3. The monoisotopic (exact) mass is 744 g/mol. The van der Waals surface area contributed by atoms with Crippen LogP contribution in [0.5, 0.6) is 5.75 Å². The summed E-state index contributed by atoms with van der Waals surface area (Å²) in [6.07, 6.45) is -1.75. The van der Waals surface area contributed by atoms with E-state index in [9.17, 15) is 24.6 Å². The molecule has 6 N–H and O–H groups in total. The normalized spacial score (nSPS) is 17.6. The van der Waals surface area contributed by atoms with Gasteiger partial charge in [-0.15, -0.1) is 5.10 Å². The number of hydrogen-bond acceptors (Lipinski definition) is 11. The second-order valence-electron chi connectivity index (χ2n) is 14.2. The minimum atomic E-state index is -1.46. The van der Waals surface area contributed by atoms with Crippen molar-refractivity contribution < 1.29 is 29.3 Å². The van der Waals surface area contributed by atoms with Gasteiger partial charge < -0.3 is 30.9 Å². The molecule has 1 heterocycles. The molecule has 0 saturated carbocycles. The van der Waals surface area contributed by atoms with Gasteiger partial charge in [0.05, 0.1) is 37.2 Å². The molecule has 6 atom stereocenters. The number of tetrazole rings is 1. The topological polar surface area (TPSA) is 193 Å². The van der Waals surface area contributed by atoms with Gasteiger partial charge in [0.25, 0.3) is 0 Å². The number of nitrogens with zero attached hydrogens (tertiary/aromatic N) is 4. The highest BCUT2D eigenvalue weighted by Crippen LogP contribution is 2.31. The lowest BCUT2D eigenvalue weighted by molar-refractivity contribution is -0.133. The number of aryl methyl sites for hydroxylation is 1. The van der Waals surface area contributed by atoms with Crippen molar-refractivity contribution in [3.05, 3.63) is 101 Å². The number of rotatable bonds is 16. The van der Waals surface area contributed by atoms with E-state index in [1.807, 2.05) is 87.5 Å². The Bertz CT molecular complexity index is 1830.